The van der Waals surface area contributed by atoms with Crippen molar-refractivity contribution in [3.8, 4) is 6.07 Å². The van der Waals surface area contributed by atoms with Gasteiger partial charge in [-0.3, -0.25) is 10.1 Å². The van der Waals surface area contributed by atoms with Crippen LogP contribution in [0.5, 0.6) is 0 Å². The van der Waals surface area contributed by atoms with Gasteiger partial charge in [-0.1, -0.05) is 27.7 Å². The number of hydrogen-bond donors (Lipinski definition) is 0. The third kappa shape index (κ3) is 7.58. The molecule has 2 aromatic carbocycles. The highest BCUT2D eigenvalue weighted by atomic mass is 79.9. The number of nitriles is 1. The minimum atomic E-state index is -0.848. The lowest BCUT2D eigenvalue weighted by Gasteiger charge is -2.26. The topological polar surface area (TPSA) is 125 Å². The van der Waals surface area contributed by atoms with Gasteiger partial charge in [0.15, 0.2) is 5.03 Å². The summed E-state index contributed by atoms with van der Waals surface area (Å²) in [5.74, 6) is -0.113. The van der Waals surface area contributed by atoms with Crippen LogP contribution in [-0.4, -0.2) is 45.6 Å². The molecule has 0 spiro atoms. The van der Waals surface area contributed by atoms with Gasteiger partial charge >= 0.3 is 11.8 Å². The number of rotatable bonds is 7. The number of carbonyl (C=O) groups is 1. The number of ether oxygens (including phenoxy) is 1. The van der Waals surface area contributed by atoms with Crippen molar-refractivity contribution < 1.29 is 14.5 Å². The summed E-state index contributed by atoms with van der Waals surface area (Å²) in [6.45, 7) is 8.99. The second-order valence-corrected chi connectivity index (χ2v) is 12.0. The van der Waals surface area contributed by atoms with Gasteiger partial charge in [-0.05, 0) is 88.2 Å². The van der Waals surface area contributed by atoms with Crippen LogP contribution in [0.25, 0.3) is 6.08 Å². The lowest BCUT2D eigenvalue weighted by Crippen LogP contribution is -2.35. The summed E-state index contributed by atoms with van der Waals surface area (Å²) in [7, 11) is 3.55. The van der Waals surface area contributed by atoms with Crippen LogP contribution in [0.15, 0.2) is 57.0 Å². The molecule has 0 aliphatic carbocycles. The molecule has 0 unspecified atom stereocenters. The van der Waals surface area contributed by atoms with Crippen LogP contribution in [0.1, 0.15) is 43.2 Å². The van der Waals surface area contributed by atoms with Gasteiger partial charge in [0, 0.05) is 29.7 Å². The summed E-state index contributed by atoms with van der Waals surface area (Å²) in [5, 5.41) is 21.7. The van der Waals surface area contributed by atoms with Gasteiger partial charge in [-0.25, -0.2) is 14.7 Å². The van der Waals surface area contributed by atoms with Crippen LogP contribution in [-0.2, 0) is 4.74 Å². The number of nitro groups is 1. The normalized spacial score (nSPS) is 11.3. The van der Waals surface area contributed by atoms with E-state index in [1.54, 1.807) is 70.2 Å². The lowest BCUT2D eigenvalue weighted by molar-refractivity contribution is -0.388. The Kier molecular flexibility index (Phi) is 9.55. The van der Waals surface area contributed by atoms with Crippen LogP contribution < -0.4 is 4.90 Å². The van der Waals surface area contributed by atoms with E-state index in [4.69, 9.17) is 4.74 Å². The Hall–Kier alpha value is -3.95. The highest BCUT2D eigenvalue weighted by Gasteiger charge is 2.32. The Morgan fingerprint density at radius 1 is 1.15 bits per heavy atom. The molecule has 3 rings (SSSR count). The monoisotopic (exact) mass is 624 g/mol. The van der Waals surface area contributed by atoms with Gasteiger partial charge in [0.05, 0.1) is 22.2 Å². The summed E-state index contributed by atoms with van der Waals surface area (Å²) in [6, 6.07) is 12.1. The molecule has 0 N–H and O–H groups in total. The molecule has 0 aliphatic heterocycles. The maximum absolute atomic E-state index is 13.5. The van der Waals surface area contributed by atoms with E-state index < -0.39 is 16.6 Å². The van der Waals surface area contributed by atoms with Crippen molar-refractivity contribution in [3.63, 3.8) is 0 Å². The SMILES string of the molecule is Cc1cc(Br)cc(C)c1Sc1nc(N(C(=O)OC(C)(C)C)c2ccc(C#N)cc2)nc(C=CN(C)C)c1[N+](=O)[O-]. The molecule has 3 aromatic rings. The summed E-state index contributed by atoms with van der Waals surface area (Å²) < 4.78 is 6.55. The number of amides is 1. The van der Waals surface area contributed by atoms with Gasteiger partial charge in [-0.15, -0.1) is 0 Å². The number of halogens is 1. The van der Waals surface area contributed by atoms with Crippen molar-refractivity contribution in [2.45, 2.75) is 50.1 Å². The predicted octanol–water partition coefficient (Wildman–Crippen LogP) is 7.39. The van der Waals surface area contributed by atoms with Gasteiger partial charge < -0.3 is 9.64 Å². The Morgan fingerprint density at radius 3 is 2.25 bits per heavy atom. The van der Waals surface area contributed by atoms with Crippen molar-refractivity contribution >= 4 is 57.2 Å². The molecule has 208 valence electrons. The average Bonchev–Trinajstić information content (AvgIpc) is 2.84. The second kappa shape index (κ2) is 12.5. The molecule has 10 nitrogen and oxygen atoms in total. The van der Waals surface area contributed by atoms with Gasteiger partial charge in [-0.2, -0.15) is 10.2 Å². The fraction of sp³-hybridized carbons (Fsp3) is 0.286. The van der Waals surface area contributed by atoms with Crippen molar-refractivity contribution in [3.05, 3.63) is 79.6 Å². The average molecular weight is 626 g/mol. The van der Waals surface area contributed by atoms with E-state index in [1.165, 1.54) is 6.08 Å². The van der Waals surface area contributed by atoms with E-state index in [9.17, 15) is 20.2 Å². The lowest BCUT2D eigenvalue weighted by atomic mass is 10.2. The number of aryl methyl sites for hydroxylation is 2. The number of anilines is 2. The standard InChI is InChI=1S/C28H29BrN6O4S/c1-17-14-20(29)15-18(2)24(17)40-25-23(35(37)38)22(12-13-33(6)7)31-26(32-25)34(27(36)39-28(3,4)5)21-10-8-19(16-30)9-11-21/h8-15H,1-7H3. The molecule has 40 heavy (non-hydrogen) atoms. The molecular formula is C28H29BrN6O4S. The zero-order valence-electron chi connectivity index (χ0n) is 23.2. The zero-order valence-corrected chi connectivity index (χ0v) is 25.6. The van der Waals surface area contributed by atoms with Crippen LogP contribution >= 0.6 is 27.7 Å². The largest absolute Gasteiger partial charge is 0.443 e. The summed E-state index contributed by atoms with van der Waals surface area (Å²) in [4.78, 5) is 38.0. The minimum Gasteiger partial charge on any atom is -0.443 e. The van der Waals surface area contributed by atoms with E-state index in [0.29, 0.717) is 11.3 Å². The van der Waals surface area contributed by atoms with Crippen molar-refractivity contribution in [2.75, 3.05) is 19.0 Å². The van der Waals surface area contributed by atoms with Crippen molar-refractivity contribution in [2.24, 2.45) is 0 Å². The Bertz CT molecular complexity index is 1490. The molecule has 0 aliphatic rings. The van der Waals surface area contributed by atoms with Crippen molar-refractivity contribution in [1.29, 1.82) is 5.26 Å². The molecule has 0 saturated carbocycles. The van der Waals surface area contributed by atoms with Gasteiger partial charge in [0.25, 0.3) is 0 Å². The zero-order chi connectivity index (χ0) is 29.8. The summed E-state index contributed by atoms with van der Waals surface area (Å²) in [5.41, 5.74) is 1.39. The van der Waals surface area contributed by atoms with Gasteiger partial charge in [0.1, 0.15) is 11.3 Å². The van der Waals surface area contributed by atoms with E-state index >= 15 is 0 Å². The number of nitrogens with zero attached hydrogens (tertiary/aromatic N) is 6. The Morgan fingerprint density at radius 2 is 1.75 bits per heavy atom. The Labute approximate surface area is 246 Å². The second-order valence-electron chi connectivity index (χ2n) is 10.0. The van der Waals surface area contributed by atoms with E-state index in [2.05, 4.69) is 25.9 Å². The molecule has 0 bridgehead atoms. The molecule has 1 heterocycles. The number of aromatic nitrogens is 2. The molecule has 0 atom stereocenters. The quantitative estimate of drug-likeness (QED) is 0.150. The van der Waals surface area contributed by atoms with Crippen LogP contribution in [0.3, 0.4) is 0 Å². The fourth-order valence-electron chi connectivity index (χ4n) is 3.57. The minimum absolute atomic E-state index is 0.0146. The third-order valence-electron chi connectivity index (χ3n) is 5.23. The van der Waals surface area contributed by atoms with Crippen LogP contribution in [0.4, 0.5) is 22.1 Å². The molecule has 1 aromatic heterocycles. The Balaban J connectivity index is 2.34. The summed E-state index contributed by atoms with van der Waals surface area (Å²) in [6.07, 6.45) is 2.35. The third-order valence-corrected chi connectivity index (χ3v) is 7.02. The van der Waals surface area contributed by atoms with E-state index in [0.717, 1.165) is 37.2 Å². The predicted molar refractivity (Wildman–Crippen MR) is 159 cm³/mol. The molecule has 1 amide bonds. The first-order valence-corrected chi connectivity index (χ1v) is 13.7. The van der Waals surface area contributed by atoms with E-state index in [1.807, 2.05) is 32.0 Å². The maximum atomic E-state index is 13.5. The summed E-state index contributed by atoms with van der Waals surface area (Å²) >= 11 is 4.62. The number of carbonyl (C=O) groups excluding carboxylic acids is 1. The number of benzene rings is 2. The molecule has 0 saturated heterocycles. The molecule has 0 fully saturated rings. The fourth-order valence-corrected chi connectivity index (χ4v) is 5.29. The smallest absolute Gasteiger partial charge is 0.421 e. The van der Waals surface area contributed by atoms with Crippen LogP contribution in [0.2, 0.25) is 0 Å². The molecule has 12 heteroatoms. The van der Waals surface area contributed by atoms with Crippen molar-refractivity contribution in [1.82, 2.24) is 14.9 Å². The first kappa shape index (κ1) is 30.6. The molecule has 0 radical (unpaired) electrons. The maximum Gasteiger partial charge on any atom is 0.421 e. The van der Waals surface area contributed by atoms with Gasteiger partial charge in [0.2, 0.25) is 5.95 Å². The first-order chi connectivity index (χ1) is 18.7. The molecular weight excluding hydrogens is 596 g/mol. The first-order valence-electron chi connectivity index (χ1n) is 12.1. The van der Waals surface area contributed by atoms with E-state index in [-0.39, 0.29) is 22.4 Å². The van der Waals surface area contributed by atoms with Crippen LogP contribution in [0, 0.1) is 35.3 Å². The highest BCUT2D eigenvalue weighted by molar-refractivity contribution is 9.10. The highest BCUT2D eigenvalue weighted by Crippen LogP contribution is 2.41. The number of hydrogen-bond acceptors (Lipinski definition) is 9.